The predicted molar refractivity (Wildman–Crippen MR) is 84.3 cm³/mol. The molecule has 0 radical (unpaired) electrons. The number of nitrogens with one attached hydrogen (secondary N) is 2. The van der Waals surface area contributed by atoms with Gasteiger partial charge in [-0.3, -0.25) is 20.3 Å². The van der Waals surface area contributed by atoms with Crippen LogP contribution in [-0.4, -0.2) is 41.7 Å². The largest absolute Gasteiger partial charge is 0.411 e. The molecule has 0 unspecified atom stereocenters. The van der Waals surface area contributed by atoms with Gasteiger partial charge in [-0.25, -0.2) is 9.89 Å². The van der Waals surface area contributed by atoms with E-state index in [1.807, 2.05) is 0 Å². The molecule has 3 rings (SSSR count). The average Bonchev–Trinajstić information content (AvgIpc) is 3.23. The molecular weight excluding hydrogens is 354 g/mol. The van der Waals surface area contributed by atoms with Crippen molar-refractivity contribution in [2.45, 2.75) is 5.22 Å². The van der Waals surface area contributed by atoms with Gasteiger partial charge in [-0.1, -0.05) is 17.8 Å². The number of aromatic amines is 1. The third-order valence-electron chi connectivity index (χ3n) is 2.83. The Bertz CT molecular complexity index is 978. The van der Waals surface area contributed by atoms with Crippen LogP contribution in [0.1, 0.15) is 0 Å². The Morgan fingerprint density at radius 3 is 3.00 bits per heavy atom. The van der Waals surface area contributed by atoms with E-state index in [4.69, 9.17) is 4.42 Å². The van der Waals surface area contributed by atoms with Gasteiger partial charge < -0.3 is 4.42 Å². The third kappa shape index (κ3) is 3.89. The van der Waals surface area contributed by atoms with Crippen molar-refractivity contribution in [1.29, 1.82) is 0 Å². The number of carbonyl (C=O) groups excluding carboxylic acids is 1. The monoisotopic (exact) mass is 363 g/mol. The molecule has 13 heteroatoms. The van der Waals surface area contributed by atoms with E-state index in [0.29, 0.717) is 5.56 Å². The van der Waals surface area contributed by atoms with E-state index in [-0.39, 0.29) is 22.6 Å². The van der Waals surface area contributed by atoms with Gasteiger partial charge in [0.2, 0.25) is 11.8 Å². The highest BCUT2D eigenvalue weighted by Gasteiger charge is 2.14. The Labute approximate surface area is 142 Å². The molecule has 0 aliphatic carbocycles. The molecule has 2 heterocycles. The molecule has 0 bridgehead atoms. The summed E-state index contributed by atoms with van der Waals surface area (Å²) in [5.74, 6) is -0.477. The number of hydrogen-bond donors (Lipinski definition) is 2. The standard InChI is InChI=1S/C12H9N7O5S/c20-9(17-18-6-13-15-11(18)21)5-25-12-16-14-10(24-12)7-2-1-3-8(4-7)19(22)23/h1-4,6H,5H2,(H,15,21)(H,17,20). The Morgan fingerprint density at radius 2 is 2.28 bits per heavy atom. The zero-order valence-corrected chi connectivity index (χ0v) is 13.1. The summed E-state index contributed by atoms with van der Waals surface area (Å²) in [7, 11) is 0. The SMILES string of the molecule is O=C(CSc1nnc(-c2cccc([N+](=O)[O-])c2)o1)Nn1cn[nH]c1=O. The van der Waals surface area contributed by atoms with Crippen molar-refractivity contribution in [3.8, 4) is 11.5 Å². The lowest BCUT2D eigenvalue weighted by Gasteiger charge is -2.01. The molecule has 3 aromatic rings. The van der Waals surface area contributed by atoms with Gasteiger partial charge in [-0.15, -0.1) is 10.2 Å². The van der Waals surface area contributed by atoms with Crippen molar-refractivity contribution >= 4 is 23.4 Å². The summed E-state index contributed by atoms with van der Waals surface area (Å²) in [4.78, 5) is 33.2. The summed E-state index contributed by atoms with van der Waals surface area (Å²) in [5.41, 5.74) is 2.01. The van der Waals surface area contributed by atoms with Crippen LogP contribution in [0.4, 0.5) is 5.69 Å². The molecule has 0 saturated carbocycles. The first-order valence-corrected chi connectivity index (χ1v) is 7.64. The summed E-state index contributed by atoms with van der Waals surface area (Å²) < 4.78 is 6.26. The minimum Gasteiger partial charge on any atom is -0.411 e. The first-order chi connectivity index (χ1) is 12.0. The topological polar surface area (TPSA) is 162 Å². The number of H-pyrrole nitrogens is 1. The van der Waals surface area contributed by atoms with Crippen molar-refractivity contribution in [2.75, 3.05) is 11.2 Å². The number of nitro groups is 1. The number of non-ortho nitro benzene ring substituents is 1. The van der Waals surface area contributed by atoms with Crippen molar-refractivity contribution in [2.24, 2.45) is 0 Å². The van der Waals surface area contributed by atoms with E-state index in [9.17, 15) is 19.7 Å². The van der Waals surface area contributed by atoms with E-state index < -0.39 is 16.5 Å². The second-order valence-electron chi connectivity index (χ2n) is 4.54. The van der Waals surface area contributed by atoms with Gasteiger partial charge >= 0.3 is 5.69 Å². The molecule has 25 heavy (non-hydrogen) atoms. The molecule has 0 spiro atoms. The van der Waals surface area contributed by atoms with Gasteiger partial charge in [-0.05, 0) is 6.07 Å². The number of aromatic nitrogens is 5. The van der Waals surface area contributed by atoms with Crippen LogP contribution in [0.25, 0.3) is 11.5 Å². The lowest BCUT2D eigenvalue weighted by Crippen LogP contribution is -2.31. The van der Waals surface area contributed by atoms with E-state index in [1.54, 1.807) is 6.07 Å². The molecule has 0 aliphatic heterocycles. The van der Waals surface area contributed by atoms with E-state index in [1.165, 1.54) is 18.2 Å². The normalized spacial score (nSPS) is 10.6. The first-order valence-electron chi connectivity index (χ1n) is 6.66. The fraction of sp³-hybridized carbons (Fsp3) is 0.0833. The van der Waals surface area contributed by atoms with Crippen LogP contribution >= 0.6 is 11.8 Å². The smallest absolute Gasteiger partial charge is 0.362 e. The fourth-order valence-electron chi connectivity index (χ4n) is 1.76. The number of nitro benzene ring substituents is 1. The molecule has 12 nitrogen and oxygen atoms in total. The Morgan fingerprint density at radius 1 is 1.44 bits per heavy atom. The van der Waals surface area contributed by atoms with Crippen molar-refractivity contribution in [3.05, 3.63) is 51.2 Å². The molecule has 0 saturated heterocycles. The van der Waals surface area contributed by atoms with Gasteiger partial charge in [0, 0.05) is 17.7 Å². The Balaban J connectivity index is 1.63. The van der Waals surface area contributed by atoms with Crippen molar-refractivity contribution in [3.63, 3.8) is 0 Å². The molecule has 0 aliphatic rings. The third-order valence-corrected chi connectivity index (χ3v) is 3.65. The molecule has 0 atom stereocenters. The number of benzene rings is 1. The summed E-state index contributed by atoms with van der Waals surface area (Å²) in [6.07, 6.45) is 1.12. The Hall–Kier alpha value is -3.48. The summed E-state index contributed by atoms with van der Waals surface area (Å²) in [5, 5.41) is 24.0. The second-order valence-corrected chi connectivity index (χ2v) is 5.46. The average molecular weight is 363 g/mol. The van der Waals surface area contributed by atoms with Gasteiger partial charge in [-0.2, -0.15) is 9.77 Å². The van der Waals surface area contributed by atoms with Crippen LogP contribution in [-0.2, 0) is 4.79 Å². The zero-order valence-electron chi connectivity index (χ0n) is 12.3. The molecule has 0 fully saturated rings. The highest BCUT2D eigenvalue weighted by molar-refractivity contribution is 7.99. The van der Waals surface area contributed by atoms with Gasteiger partial charge in [0.25, 0.3) is 10.9 Å². The molecule has 2 N–H and O–H groups in total. The van der Waals surface area contributed by atoms with Crippen LogP contribution in [0.5, 0.6) is 0 Å². The summed E-state index contributed by atoms with van der Waals surface area (Å²) >= 11 is 0.950. The maximum absolute atomic E-state index is 11.7. The van der Waals surface area contributed by atoms with Crippen LogP contribution in [0.3, 0.4) is 0 Å². The van der Waals surface area contributed by atoms with E-state index >= 15 is 0 Å². The molecule has 1 aromatic carbocycles. The Kier molecular flexibility index (Phi) is 4.56. The lowest BCUT2D eigenvalue weighted by atomic mass is 10.2. The number of carbonyl (C=O) groups is 1. The molecular formula is C12H9N7O5S. The van der Waals surface area contributed by atoms with Gasteiger partial charge in [0.1, 0.15) is 6.33 Å². The number of rotatable bonds is 6. The van der Waals surface area contributed by atoms with Crippen LogP contribution < -0.4 is 11.1 Å². The number of thioether (sulfide) groups is 1. The van der Waals surface area contributed by atoms with Gasteiger partial charge in [0.05, 0.1) is 10.7 Å². The quantitative estimate of drug-likeness (QED) is 0.358. The number of amides is 1. The first kappa shape index (κ1) is 16.4. The maximum atomic E-state index is 11.7. The number of nitrogens with zero attached hydrogens (tertiary/aromatic N) is 5. The highest BCUT2D eigenvalue weighted by atomic mass is 32.2. The van der Waals surface area contributed by atoms with Crippen LogP contribution in [0.15, 0.2) is 45.0 Å². The van der Waals surface area contributed by atoms with Crippen LogP contribution in [0, 0.1) is 10.1 Å². The number of hydrogen-bond acceptors (Lipinski definition) is 9. The van der Waals surface area contributed by atoms with Crippen molar-refractivity contribution < 1.29 is 14.1 Å². The summed E-state index contributed by atoms with van der Waals surface area (Å²) in [6, 6.07) is 5.74. The predicted octanol–water partition coefficient (Wildman–Crippen LogP) is 0.392. The highest BCUT2D eigenvalue weighted by Crippen LogP contribution is 2.25. The minimum absolute atomic E-state index is 0.0891. The minimum atomic E-state index is -0.580. The van der Waals surface area contributed by atoms with Crippen molar-refractivity contribution in [1.82, 2.24) is 25.1 Å². The fourth-order valence-corrected chi connectivity index (χ4v) is 2.31. The van der Waals surface area contributed by atoms with E-state index in [0.717, 1.165) is 22.8 Å². The molecule has 2 aromatic heterocycles. The van der Waals surface area contributed by atoms with E-state index in [2.05, 4.69) is 25.8 Å². The van der Waals surface area contributed by atoms with Gasteiger partial charge in [0.15, 0.2) is 0 Å². The summed E-state index contributed by atoms with van der Waals surface area (Å²) in [6.45, 7) is 0. The maximum Gasteiger partial charge on any atom is 0.362 e. The second kappa shape index (κ2) is 6.96. The lowest BCUT2D eigenvalue weighted by molar-refractivity contribution is -0.384. The molecule has 1 amide bonds. The van der Waals surface area contributed by atoms with Crippen LogP contribution in [0.2, 0.25) is 0 Å². The zero-order chi connectivity index (χ0) is 17.8. The molecule has 128 valence electrons.